The molecule has 2 aliphatic rings. The molecule has 0 fully saturated rings. The van der Waals surface area contributed by atoms with E-state index in [9.17, 15) is 4.79 Å². The number of rotatable bonds is 0. The van der Waals surface area contributed by atoms with Crippen molar-refractivity contribution in [1.82, 2.24) is 0 Å². The van der Waals surface area contributed by atoms with Gasteiger partial charge in [0.1, 0.15) is 0 Å². The van der Waals surface area contributed by atoms with Gasteiger partial charge in [0, 0.05) is 5.57 Å². The average Bonchev–Trinajstić information content (AvgIpc) is 2.30. The van der Waals surface area contributed by atoms with Gasteiger partial charge < -0.3 is 0 Å². The predicted molar refractivity (Wildman–Crippen MR) is 44.7 cm³/mol. The second kappa shape index (κ2) is 2.85. The zero-order chi connectivity index (χ0) is 8.39. The summed E-state index contributed by atoms with van der Waals surface area (Å²) in [6.07, 6.45) is 7.77. The molecule has 0 aromatic rings. The van der Waals surface area contributed by atoms with Crippen LogP contribution < -0.4 is 0 Å². The standard InChI is InChI=1S/C9H8N2O/c12-9-5-1-4-8-7(9)3-2-6-10-11-8/h1,3-5H,2,6H2. The highest BCUT2D eigenvalue weighted by Gasteiger charge is 2.15. The van der Waals surface area contributed by atoms with Crippen molar-refractivity contribution in [3.8, 4) is 0 Å². The third kappa shape index (κ3) is 1.13. The fourth-order valence-electron chi connectivity index (χ4n) is 1.22. The number of carbonyl (C=O) groups is 1. The summed E-state index contributed by atoms with van der Waals surface area (Å²) in [5.74, 6) is 0.0355. The fourth-order valence-corrected chi connectivity index (χ4v) is 1.22. The van der Waals surface area contributed by atoms with Crippen LogP contribution >= 0.6 is 0 Å². The van der Waals surface area contributed by atoms with E-state index in [1.54, 1.807) is 12.2 Å². The lowest BCUT2D eigenvalue weighted by Gasteiger charge is -2.04. The van der Waals surface area contributed by atoms with Crippen LogP contribution in [0.2, 0.25) is 0 Å². The van der Waals surface area contributed by atoms with Crippen LogP contribution in [0.5, 0.6) is 0 Å². The first-order valence-electron chi connectivity index (χ1n) is 3.88. The first-order chi connectivity index (χ1) is 5.88. The SMILES string of the molecule is O=C1C=CC=C2N=NCCC=C12. The van der Waals surface area contributed by atoms with Gasteiger partial charge in [0.15, 0.2) is 5.78 Å². The van der Waals surface area contributed by atoms with E-state index in [0.717, 1.165) is 6.42 Å². The Morgan fingerprint density at radius 3 is 3.25 bits per heavy atom. The van der Waals surface area contributed by atoms with E-state index >= 15 is 0 Å². The third-order valence-electron chi connectivity index (χ3n) is 1.80. The van der Waals surface area contributed by atoms with Gasteiger partial charge in [0.25, 0.3) is 0 Å². The van der Waals surface area contributed by atoms with Crippen LogP contribution in [-0.4, -0.2) is 12.3 Å². The normalized spacial score (nSPS) is 21.2. The van der Waals surface area contributed by atoms with Crippen molar-refractivity contribution in [2.24, 2.45) is 10.2 Å². The molecule has 3 heteroatoms. The molecule has 0 atom stereocenters. The number of carbonyl (C=O) groups excluding carboxylic acids is 1. The van der Waals surface area contributed by atoms with Crippen molar-refractivity contribution in [2.75, 3.05) is 6.54 Å². The quantitative estimate of drug-likeness (QED) is 0.532. The van der Waals surface area contributed by atoms with Gasteiger partial charge in [-0.15, -0.1) is 0 Å². The Hall–Kier alpha value is -1.51. The molecular weight excluding hydrogens is 152 g/mol. The first kappa shape index (κ1) is 7.16. The van der Waals surface area contributed by atoms with Gasteiger partial charge in [0.05, 0.1) is 12.2 Å². The van der Waals surface area contributed by atoms with Crippen molar-refractivity contribution in [3.05, 3.63) is 35.6 Å². The molecule has 0 saturated heterocycles. The number of fused-ring (bicyclic) bond motifs is 1. The molecule has 0 saturated carbocycles. The van der Waals surface area contributed by atoms with Gasteiger partial charge in [-0.3, -0.25) is 4.79 Å². The van der Waals surface area contributed by atoms with Crippen LogP contribution in [0.1, 0.15) is 6.42 Å². The van der Waals surface area contributed by atoms with Crippen LogP contribution in [0.25, 0.3) is 0 Å². The molecule has 0 radical (unpaired) electrons. The summed E-state index contributed by atoms with van der Waals surface area (Å²) in [6, 6.07) is 0. The lowest BCUT2D eigenvalue weighted by molar-refractivity contribution is -0.111. The van der Waals surface area contributed by atoms with Crippen LogP contribution in [-0.2, 0) is 4.79 Å². The van der Waals surface area contributed by atoms with Gasteiger partial charge in [-0.05, 0) is 18.6 Å². The van der Waals surface area contributed by atoms with Crippen molar-refractivity contribution in [3.63, 3.8) is 0 Å². The van der Waals surface area contributed by atoms with Gasteiger partial charge in [-0.2, -0.15) is 10.2 Å². The minimum Gasteiger partial charge on any atom is -0.289 e. The van der Waals surface area contributed by atoms with Crippen LogP contribution in [0.4, 0.5) is 0 Å². The molecular formula is C9H8N2O. The number of azo groups is 1. The van der Waals surface area contributed by atoms with E-state index in [1.807, 2.05) is 12.2 Å². The maximum atomic E-state index is 11.3. The van der Waals surface area contributed by atoms with E-state index in [4.69, 9.17) is 0 Å². The van der Waals surface area contributed by atoms with E-state index in [1.165, 1.54) is 0 Å². The Labute approximate surface area is 70.2 Å². The van der Waals surface area contributed by atoms with Crippen LogP contribution in [0.15, 0.2) is 45.8 Å². The first-order valence-corrected chi connectivity index (χ1v) is 3.88. The predicted octanol–water partition coefficient (Wildman–Crippen LogP) is 1.79. The number of allylic oxidation sites excluding steroid dienone is 4. The van der Waals surface area contributed by atoms with E-state index < -0.39 is 0 Å². The van der Waals surface area contributed by atoms with Crippen molar-refractivity contribution in [2.45, 2.75) is 6.42 Å². The van der Waals surface area contributed by atoms with Crippen molar-refractivity contribution >= 4 is 5.78 Å². The maximum Gasteiger partial charge on any atom is 0.187 e. The average molecular weight is 160 g/mol. The van der Waals surface area contributed by atoms with E-state index in [-0.39, 0.29) is 5.78 Å². The maximum absolute atomic E-state index is 11.3. The second-order valence-corrected chi connectivity index (χ2v) is 2.65. The van der Waals surface area contributed by atoms with Crippen LogP contribution in [0, 0.1) is 0 Å². The zero-order valence-corrected chi connectivity index (χ0v) is 6.53. The molecule has 3 nitrogen and oxygen atoms in total. The lowest BCUT2D eigenvalue weighted by Crippen LogP contribution is -2.03. The minimum atomic E-state index is 0.0355. The Morgan fingerprint density at radius 1 is 1.42 bits per heavy atom. The number of hydrogen-bond acceptors (Lipinski definition) is 3. The van der Waals surface area contributed by atoms with E-state index in [0.29, 0.717) is 17.8 Å². The molecule has 1 heterocycles. The van der Waals surface area contributed by atoms with Crippen molar-refractivity contribution in [1.29, 1.82) is 0 Å². The highest BCUT2D eigenvalue weighted by Crippen LogP contribution is 2.20. The molecule has 2 rings (SSSR count). The molecule has 0 unspecified atom stereocenters. The van der Waals surface area contributed by atoms with Gasteiger partial charge in [0.2, 0.25) is 0 Å². The molecule has 1 aliphatic carbocycles. The molecule has 60 valence electrons. The van der Waals surface area contributed by atoms with E-state index in [2.05, 4.69) is 10.2 Å². The zero-order valence-electron chi connectivity index (χ0n) is 6.53. The number of nitrogens with zero attached hydrogens (tertiary/aromatic N) is 2. The number of hydrogen-bond donors (Lipinski definition) is 0. The van der Waals surface area contributed by atoms with Gasteiger partial charge in [-0.1, -0.05) is 12.2 Å². The Balaban J connectivity index is 2.46. The monoisotopic (exact) mass is 160 g/mol. The molecule has 0 amide bonds. The summed E-state index contributed by atoms with van der Waals surface area (Å²) in [5, 5.41) is 7.85. The molecule has 12 heavy (non-hydrogen) atoms. The highest BCUT2D eigenvalue weighted by molar-refractivity contribution is 6.08. The molecule has 0 bridgehead atoms. The fraction of sp³-hybridized carbons (Fsp3) is 0.222. The third-order valence-corrected chi connectivity index (χ3v) is 1.80. The van der Waals surface area contributed by atoms with Crippen LogP contribution in [0.3, 0.4) is 0 Å². The largest absolute Gasteiger partial charge is 0.289 e. The van der Waals surface area contributed by atoms with Gasteiger partial charge >= 0.3 is 0 Å². The topological polar surface area (TPSA) is 41.8 Å². The summed E-state index contributed by atoms with van der Waals surface area (Å²) in [4.78, 5) is 11.3. The van der Waals surface area contributed by atoms with Gasteiger partial charge in [-0.25, -0.2) is 0 Å². The summed E-state index contributed by atoms with van der Waals surface area (Å²) in [5.41, 5.74) is 1.39. The minimum absolute atomic E-state index is 0.0355. The lowest BCUT2D eigenvalue weighted by atomic mass is 10.0. The summed E-state index contributed by atoms with van der Waals surface area (Å²) in [6.45, 7) is 0.675. The number of ketones is 1. The summed E-state index contributed by atoms with van der Waals surface area (Å²) >= 11 is 0. The Kier molecular flexibility index (Phi) is 1.70. The Morgan fingerprint density at radius 2 is 2.33 bits per heavy atom. The summed E-state index contributed by atoms with van der Waals surface area (Å²) < 4.78 is 0. The Bertz CT molecular complexity index is 334. The van der Waals surface area contributed by atoms with Crippen molar-refractivity contribution < 1.29 is 4.79 Å². The molecule has 0 spiro atoms. The molecule has 1 aliphatic heterocycles. The smallest absolute Gasteiger partial charge is 0.187 e. The molecule has 0 aromatic heterocycles. The molecule has 0 N–H and O–H groups in total. The molecule has 0 aromatic carbocycles. The second-order valence-electron chi connectivity index (χ2n) is 2.65. The summed E-state index contributed by atoms with van der Waals surface area (Å²) in [7, 11) is 0. The highest BCUT2D eigenvalue weighted by atomic mass is 16.1.